The topological polar surface area (TPSA) is 259 Å². The number of aromatic nitrogens is 1. The van der Waals surface area contributed by atoms with Gasteiger partial charge in [0.2, 0.25) is 11.8 Å². The van der Waals surface area contributed by atoms with Gasteiger partial charge in [-0.2, -0.15) is 13.2 Å². The molecule has 1 aromatic heterocycles. The van der Waals surface area contributed by atoms with E-state index in [0.717, 1.165) is 55.9 Å². The maximum absolute atomic E-state index is 14.3. The first-order valence-electron chi connectivity index (χ1n) is 20.7. The highest BCUT2D eigenvalue weighted by Gasteiger charge is 2.38. The molecule has 11 N–H and O–H groups in total. The van der Waals surface area contributed by atoms with E-state index in [4.69, 9.17) is 26.1 Å². The van der Waals surface area contributed by atoms with Crippen molar-refractivity contribution in [2.45, 2.75) is 123 Å². The number of carboxylic acids is 2. The summed E-state index contributed by atoms with van der Waals surface area (Å²) in [6.07, 6.45) is 2.69. The number of aromatic amines is 1. The number of aliphatic carboxylic acids is 2. The lowest BCUT2D eigenvalue weighted by molar-refractivity contribution is -0.192. The third kappa shape index (κ3) is 17.6. The van der Waals surface area contributed by atoms with Gasteiger partial charge in [-0.1, -0.05) is 71.2 Å². The normalized spacial score (nSPS) is 13.3. The summed E-state index contributed by atoms with van der Waals surface area (Å²) >= 11 is 0. The summed E-state index contributed by atoms with van der Waals surface area (Å²) < 4.78 is 37.9. The Hall–Kier alpha value is -5.36. The first-order valence-corrected chi connectivity index (χ1v) is 20.7. The van der Waals surface area contributed by atoms with E-state index in [1.165, 1.54) is 12.1 Å². The van der Waals surface area contributed by atoms with Gasteiger partial charge in [0.1, 0.15) is 35.3 Å². The molecule has 0 aliphatic carbocycles. The summed E-state index contributed by atoms with van der Waals surface area (Å²) in [4.78, 5) is 66.3. The van der Waals surface area contributed by atoms with Crippen LogP contribution < -0.4 is 32.2 Å². The predicted molar refractivity (Wildman–Crippen MR) is 225 cm³/mol. The summed E-state index contributed by atoms with van der Waals surface area (Å²) in [5.74, 6) is -5.27. The van der Waals surface area contributed by atoms with E-state index in [-0.39, 0.29) is 30.4 Å². The molecule has 3 rings (SSSR count). The smallest absolute Gasteiger partial charge is 0.490 e. The maximum atomic E-state index is 14.3. The zero-order valence-corrected chi connectivity index (χ0v) is 35.4. The van der Waals surface area contributed by atoms with E-state index < -0.39 is 54.0 Å². The van der Waals surface area contributed by atoms with Crippen LogP contribution in [0.4, 0.5) is 13.2 Å². The molecule has 0 spiro atoms. The zero-order valence-electron chi connectivity index (χ0n) is 35.4. The van der Waals surface area contributed by atoms with E-state index in [0.29, 0.717) is 55.1 Å². The van der Waals surface area contributed by atoms with Gasteiger partial charge in [0.05, 0.1) is 12.1 Å². The molecular weight excluding hydrogens is 802 g/mol. The molecule has 0 bridgehead atoms. The van der Waals surface area contributed by atoms with Gasteiger partial charge in [-0.15, -0.1) is 0 Å². The van der Waals surface area contributed by atoms with Crippen molar-refractivity contribution >= 4 is 40.6 Å². The number of aromatic hydroxyl groups is 1. The molecule has 1 heterocycles. The highest BCUT2D eigenvalue weighted by Crippen LogP contribution is 2.32. The van der Waals surface area contributed by atoms with Gasteiger partial charge in [-0.3, -0.25) is 14.4 Å². The van der Waals surface area contributed by atoms with E-state index in [2.05, 4.69) is 20.9 Å². The van der Waals surface area contributed by atoms with Gasteiger partial charge >= 0.3 is 18.1 Å². The number of carbonyl (C=O) groups is 5. The molecule has 0 aliphatic heterocycles. The highest BCUT2D eigenvalue weighted by molar-refractivity contribution is 6.04. The fraction of sp³-hybridized carbons (Fsp3) is 0.558. The van der Waals surface area contributed by atoms with Crippen LogP contribution in [0, 0.1) is 11.8 Å². The van der Waals surface area contributed by atoms with Crippen LogP contribution in [-0.4, -0.2) is 94.0 Å². The van der Waals surface area contributed by atoms with Crippen LogP contribution in [-0.2, 0) is 32.0 Å². The van der Waals surface area contributed by atoms with Crippen LogP contribution in [0.1, 0.15) is 107 Å². The number of phenolic OH excluding ortho intramolecular Hbond substituents is 1. The van der Waals surface area contributed by atoms with Gasteiger partial charge in [-0.05, 0) is 99.2 Å². The average molecular weight is 865 g/mol. The number of carboxylic acid groups (broad SMARTS) is 2. The number of phenols is 1. The van der Waals surface area contributed by atoms with Gasteiger partial charge < -0.3 is 52.5 Å². The average Bonchev–Trinajstić information content (AvgIpc) is 3.58. The minimum Gasteiger partial charge on any atom is -0.508 e. The largest absolute Gasteiger partial charge is 0.508 e. The van der Waals surface area contributed by atoms with E-state index in [9.17, 15) is 42.6 Å². The summed E-state index contributed by atoms with van der Waals surface area (Å²) in [7, 11) is 0. The van der Waals surface area contributed by atoms with Crippen molar-refractivity contribution in [1.29, 1.82) is 0 Å². The number of H-pyrrole nitrogens is 1. The van der Waals surface area contributed by atoms with Crippen molar-refractivity contribution in [3.05, 3.63) is 59.3 Å². The molecule has 340 valence electrons. The van der Waals surface area contributed by atoms with Crippen LogP contribution >= 0.6 is 0 Å². The molecule has 0 unspecified atom stereocenters. The summed E-state index contributed by atoms with van der Waals surface area (Å²) in [6.45, 7) is 9.16. The number of aryl methyl sites for hydroxylation is 1. The molecule has 0 saturated carbocycles. The second-order valence-electron chi connectivity index (χ2n) is 15.4. The molecule has 0 saturated heterocycles. The molecule has 61 heavy (non-hydrogen) atoms. The Bertz CT molecular complexity index is 1850. The Labute approximate surface area is 354 Å². The minimum absolute atomic E-state index is 0.0115. The molecule has 3 amide bonds. The maximum Gasteiger partial charge on any atom is 0.490 e. The summed E-state index contributed by atoms with van der Waals surface area (Å²) in [5.41, 5.74) is 13.9. The van der Waals surface area contributed by atoms with Crippen molar-refractivity contribution in [1.82, 2.24) is 20.9 Å². The first kappa shape index (κ1) is 51.8. The zero-order chi connectivity index (χ0) is 45.7. The number of ether oxygens (including phenoxy) is 1. The van der Waals surface area contributed by atoms with Crippen molar-refractivity contribution in [2.24, 2.45) is 23.3 Å². The standard InChI is InChI=1S/C41H62N6O7.C2HF3O2/c1-5-27(4)35(39(50)45-33(41(52)53)24-26(2)3)47-38(49)32(25-28-17-19-29(48)20-18-28)44-40(51)37-31(14-9-6-7-10-21-42)30-15-13-16-34(36(30)46-37)54-23-12-8-11-22-43;3-2(4,5)1(6)7/h13,15-20,26-27,32-33,35,46,48H,5-12,14,21-25,42-43H2,1-4H3,(H,44,51)(H,45,50)(H,47,49)(H,52,53);(H,6,7)/t27-,32-,33-,35-;/m0./s1. The highest BCUT2D eigenvalue weighted by atomic mass is 19.4. The third-order valence-corrected chi connectivity index (χ3v) is 9.97. The molecule has 0 radical (unpaired) electrons. The summed E-state index contributed by atoms with van der Waals surface area (Å²) in [6, 6.07) is 8.75. The van der Waals surface area contributed by atoms with Gasteiger partial charge in [0.25, 0.3) is 5.91 Å². The molecule has 18 heteroatoms. The number of amides is 3. The lowest BCUT2D eigenvalue weighted by Gasteiger charge is -2.28. The predicted octanol–water partition coefficient (Wildman–Crippen LogP) is 5.56. The Morgan fingerprint density at radius 2 is 1.41 bits per heavy atom. The quantitative estimate of drug-likeness (QED) is 0.0476. The number of para-hydroxylation sites is 1. The number of benzene rings is 2. The van der Waals surface area contributed by atoms with E-state index in [1.54, 1.807) is 19.1 Å². The molecular formula is C43H63F3N6O9. The van der Waals surface area contributed by atoms with Crippen LogP contribution in [0.25, 0.3) is 10.9 Å². The molecule has 0 aliphatic rings. The SMILES string of the molecule is CC[C@H](C)[C@H](NC(=O)[C@H](Cc1ccc(O)cc1)NC(=O)c1[nH]c2c(OCCCCCN)cccc2c1CCCCCCN)C(=O)N[C@@H](CC(C)C)C(=O)O.O=C(O)C(F)(F)F. The Balaban J connectivity index is 0.00000168. The number of nitrogens with one attached hydrogen (secondary N) is 4. The van der Waals surface area contributed by atoms with Gasteiger partial charge in [-0.25, -0.2) is 9.59 Å². The number of rotatable bonds is 25. The van der Waals surface area contributed by atoms with Gasteiger partial charge in [0.15, 0.2) is 0 Å². The Morgan fingerprint density at radius 3 is 1.97 bits per heavy atom. The molecule has 0 fully saturated rings. The number of alkyl halides is 3. The third-order valence-electron chi connectivity index (χ3n) is 9.97. The van der Waals surface area contributed by atoms with Crippen molar-refractivity contribution in [3.8, 4) is 11.5 Å². The van der Waals surface area contributed by atoms with E-state index >= 15 is 0 Å². The molecule has 2 aromatic carbocycles. The van der Waals surface area contributed by atoms with Crippen molar-refractivity contribution in [2.75, 3.05) is 19.7 Å². The van der Waals surface area contributed by atoms with Crippen molar-refractivity contribution in [3.63, 3.8) is 0 Å². The Kier molecular flexibility index (Phi) is 22.1. The fourth-order valence-electron chi connectivity index (χ4n) is 6.44. The molecule has 4 atom stereocenters. The number of halogens is 3. The number of fused-ring (bicyclic) bond motifs is 1. The Morgan fingerprint density at radius 1 is 0.803 bits per heavy atom. The minimum atomic E-state index is -5.08. The lowest BCUT2D eigenvalue weighted by Crippen LogP contribution is -2.58. The number of hydrogen-bond donors (Lipinski definition) is 9. The van der Waals surface area contributed by atoms with Crippen LogP contribution in [0.2, 0.25) is 0 Å². The van der Waals surface area contributed by atoms with Gasteiger partial charge in [0, 0.05) is 11.8 Å². The number of carbonyl (C=O) groups excluding carboxylic acids is 3. The summed E-state index contributed by atoms with van der Waals surface area (Å²) in [5, 5.41) is 36.1. The first-order chi connectivity index (χ1) is 28.8. The number of nitrogens with two attached hydrogens (primary N) is 2. The number of unbranched alkanes of at least 4 members (excludes halogenated alkanes) is 5. The van der Waals surface area contributed by atoms with Crippen LogP contribution in [0.15, 0.2) is 42.5 Å². The fourth-order valence-corrected chi connectivity index (χ4v) is 6.44. The van der Waals surface area contributed by atoms with Crippen LogP contribution in [0.5, 0.6) is 11.5 Å². The van der Waals surface area contributed by atoms with Crippen LogP contribution in [0.3, 0.4) is 0 Å². The van der Waals surface area contributed by atoms with Crippen molar-refractivity contribution < 1.29 is 57.2 Å². The monoisotopic (exact) mass is 864 g/mol. The molecule has 3 aromatic rings. The second-order valence-corrected chi connectivity index (χ2v) is 15.4. The lowest BCUT2D eigenvalue weighted by atomic mass is 9.96. The van der Waals surface area contributed by atoms with E-state index in [1.807, 2.05) is 39.0 Å². The number of hydrogen-bond acceptors (Lipinski definition) is 9. The molecule has 15 nitrogen and oxygen atoms in total. The second kappa shape index (κ2) is 26.1.